The van der Waals surface area contributed by atoms with Gasteiger partial charge < -0.3 is 10.4 Å². The van der Waals surface area contributed by atoms with E-state index < -0.39 is 17.2 Å². The molecule has 0 aliphatic heterocycles. The number of rotatable bonds is 3. The van der Waals surface area contributed by atoms with E-state index in [2.05, 4.69) is 31.4 Å². The van der Waals surface area contributed by atoms with Crippen molar-refractivity contribution in [3.63, 3.8) is 0 Å². The lowest BCUT2D eigenvalue weighted by atomic mass is 10.3. The summed E-state index contributed by atoms with van der Waals surface area (Å²) in [6.45, 7) is 1.79. The number of anilines is 1. The van der Waals surface area contributed by atoms with Crippen molar-refractivity contribution in [3.05, 3.63) is 62.6 Å². The number of nitrogens with zero attached hydrogens (tertiary/aromatic N) is 4. The van der Waals surface area contributed by atoms with Gasteiger partial charge in [-0.2, -0.15) is 14.9 Å². The van der Waals surface area contributed by atoms with Crippen LogP contribution in [-0.2, 0) is 7.05 Å². The van der Waals surface area contributed by atoms with Gasteiger partial charge in [-0.25, -0.2) is 0 Å². The summed E-state index contributed by atoms with van der Waals surface area (Å²) in [6, 6.07) is 9.46. The molecule has 0 bridgehead atoms. The normalized spacial score (nSPS) is 10.7. The Hall–Kier alpha value is -2.94. The van der Waals surface area contributed by atoms with Crippen LogP contribution < -0.4 is 10.9 Å². The van der Waals surface area contributed by atoms with Crippen molar-refractivity contribution < 1.29 is 9.90 Å². The minimum absolute atomic E-state index is 0.263. The second-order valence-electron chi connectivity index (χ2n) is 5.35. The van der Waals surface area contributed by atoms with Crippen molar-refractivity contribution in [1.29, 1.82) is 0 Å². The van der Waals surface area contributed by atoms with E-state index in [9.17, 15) is 14.7 Å². The maximum Gasteiger partial charge on any atom is 0.281 e. The molecule has 0 radical (unpaired) electrons. The van der Waals surface area contributed by atoms with E-state index in [4.69, 9.17) is 0 Å². The second-order valence-corrected chi connectivity index (χ2v) is 6.27. The highest BCUT2D eigenvalue weighted by Gasteiger charge is 2.18. The average Bonchev–Trinajstić information content (AvgIpc) is 2.86. The molecule has 128 valence electrons. The van der Waals surface area contributed by atoms with Gasteiger partial charge in [0.2, 0.25) is 0 Å². The molecule has 0 atom stereocenters. The van der Waals surface area contributed by atoms with E-state index in [1.54, 1.807) is 44.3 Å². The molecule has 3 rings (SSSR count). The first-order valence-corrected chi connectivity index (χ1v) is 8.06. The second kappa shape index (κ2) is 6.52. The van der Waals surface area contributed by atoms with Gasteiger partial charge in [0.05, 0.1) is 11.4 Å². The average molecular weight is 404 g/mol. The van der Waals surface area contributed by atoms with Crippen LogP contribution in [0, 0.1) is 6.92 Å². The quantitative estimate of drug-likeness (QED) is 0.695. The van der Waals surface area contributed by atoms with Crippen molar-refractivity contribution in [3.8, 4) is 11.4 Å². The lowest BCUT2D eigenvalue weighted by molar-refractivity contribution is 0.101. The molecule has 2 aromatic heterocycles. The Morgan fingerprint density at radius 1 is 1.20 bits per heavy atom. The number of benzene rings is 1. The number of nitrogens with one attached hydrogen (secondary N) is 1. The molecule has 3 aromatic rings. The number of aromatic nitrogens is 4. The number of aryl methyl sites for hydroxylation is 2. The van der Waals surface area contributed by atoms with Crippen molar-refractivity contribution in [1.82, 2.24) is 19.6 Å². The SMILES string of the molecule is Cc1cc(NC(=O)c2nn(-c3ccc(Br)cc3)c(=O)cc2O)n(C)n1. The highest BCUT2D eigenvalue weighted by Crippen LogP contribution is 2.17. The summed E-state index contributed by atoms with van der Waals surface area (Å²) in [5.74, 6) is -0.689. The number of hydrogen-bond donors (Lipinski definition) is 2. The van der Waals surface area contributed by atoms with Gasteiger partial charge in [-0.1, -0.05) is 15.9 Å². The summed E-state index contributed by atoms with van der Waals surface area (Å²) >= 11 is 3.31. The summed E-state index contributed by atoms with van der Waals surface area (Å²) in [5.41, 5.74) is 0.391. The molecule has 1 aromatic carbocycles. The maximum atomic E-state index is 12.4. The summed E-state index contributed by atoms with van der Waals surface area (Å²) in [4.78, 5) is 24.5. The van der Waals surface area contributed by atoms with Crippen molar-refractivity contribution in [2.75, 3.05) is 5.32 Å². The molecule has 8 nitrogen and oxygen atoms in total. The fourth-order valence-electron chi connectivity index (χ4n) is 2.28. The highest BCUT2D eigenvalue weighted by molar-refractivity contribution is 9.10. The smallest absolute Gasteiger partial charge is 0.281 e. The molecule has 0 saturated carbocycles. The van der Waals surface area contributed by atoms with Crippen LogP contribution >= 0.6 is 15.9 Å². The zero-order chi connectivity index (χ0) is 18.1. The third kappa shape index (κ3) is 3.45. The van der Waals surface area contributed by atoms with E-state index in [-0.39, 0.29) is 5.69 Å². The topological polar surface area (TPSA) is 102 Å². The summed E-state index contributed by atoms with van der Waals surface area (Å²) in [6.07, 6.45) is 0. The lowest BCUT2D eigenvalue weighted by Crippen LogP contribution is -2.25. The van der Waals surface area contributed by atoms with Crippen LogP contribution in [0.25, 0.3) is 5.69 Å². The van der Waals surface area contributed by atoms with Gasteiger partial charge in [0.25, 0.3) is 11.5 Å². The molecule has 0 fully saturated rings. The highest BCUT2D eigenvalue weighted by atomic mass is 79.9. The van der Waals surface area contributed by atoms with Gasteiger partial charge in [0.15, 0.2) is 11.4 Å². The Bertz CT molecular complexity index is 1010. The van der Waals surface area contributed by atoms with Gasteiger partial charge in [0.1, 0.15) is 5.82 Å². The molecule has 0 spiro atoms. The number of carbonyl (C=O) groups excluding carboxylic acids is 1. The monoisotopic (exact) mass is 403 g/mol. The molecule has 25 heavy (non-hydrogen) atoms. The number of carbonyl (C=O) groups is 1. The van der Waals surface area contributed by atoms with Crippen LogP contribution in [0.3, 0.4) is 0 Å². The molecular formula is C16H14BrN5O3. The molecule has 2 heterocycles. The van der Waals surface area contributed by atoms with Gasteiger partial charge in [-0.3, -0.25) is 14.3 Å². The molecule has 0 aliphatic carbocycles. The molecule has 0 saturated heterocycles. The van der Waals surface area contributed by atoms with Crippen LogP contribution in [-0.4, -0.2) is 30.6 Å². The third-order valence-corrected chi connectivity index (χ3v) is 3.97. The molecule has 9 heteroatoms. The van der Waals surface area contributed by atoms with Gasteiger partial charge in [0, 0.05) is 23.7 Å². The van der Waals surface area contributed by atoms with Gasteiger partial charge in [-0.15, -0.1) is 0 Å². The number of hydrogen-bond acceptors (Lipinski definition) is 5. The third-order valence-electron chi connectivity index (χ3n) is 3.44. The first kappa shape index (κ1) is 16.9. The Balaban J connectivity index is 2.00. The standard InChI is InChI=1S/C16H14BrN5O3/c1-9-7-13(21(2)19-9)18-16(25)15-12(23)8-14(24)22(20-15)11-5-3-10(17)4-6-11/h3-8,23H,1-2H3,(H,18,25). The van der Waals surface area contributed by atoms with E-state index in [1.807, 2.05) is 0 Å². The summed E-state index contributed by atoms with van der Waals surface area (Å²) < 4.78 is 3.39. The number of amides is 1. The maximum absolute atomic E-state index is 12.4. The van der Waals surface area contributed by atoms with E-state index in [0.29, 0.717) is 11.5 Å². The van der Waals surface area contributed by atoms with E-state index >= 15 is 0 Å². The van der Waals surface area contributed by atoms with Crippen molar-refractivity contribution in [2.45, 2.75) is 6.92 Å². The van der Waals surface area contributed by atoms with Gasteiger partial charge in [-0.05, 0) is 31.2 Å². The minimum atomic E-state index is -0.647. The van der Waals surface area contributed by atoms with Crippen molar-refractivity contribution >= 4 is 27.7 Å². The molecule has 1 amide bonds. The molecular weight excluding hydrogens is 390 g/mol. The number of aromatic hydroxyl groups is 1. The Kier molecular flexibility index (Phi) is 4.41. The largest absolute Gasteiger partial charge is 0.505 e. The van der Waals surface area contributed by atoms with Gasteiger partial charge >= 0.3 is 0 Å². The Morgan fingerprint density at radius 3 is 2.48 bits per heavy atom. The zero-order valence-corrected chi connectivity index (χ0v) is 15.0. The van der Waals surface area contributed by atoms with Crippen LogP contribution in [0.2, 0.25) is 0 Å². The predicted molar refractivity (Wildman–Crippen MR) is 95.1 cm³/mol. The first-order chi connectivity index (χ1) is 11.8. The Labute approximate surface area is 150 Å². The molecule has 0 aliphatic rings. The zero-order valence-electron chi connectivity index (χ0n) is 13.4. The van der Waals surface area contributed by atoms with Crippen LogP contribution in [0.1, 0.15) is 16.2 Å². The van der Waals surface area contributed by atoms with E-state index in [0.717, 1.165) is 20.9 Å². The van der Waals surface area contributed by atoms with Crippen LogP contribution in [0.4, 0.5) is 5.82 Å². The molecule has 2 N–H and O–H groups in total. The molecule has 0 unspecified atom stereocenters. The first-order valence-electron chi connectivity index (χ1n) is 7.26. The predicted octanol–water partition coefficient (Wildman–Crippen LogP) is 1.99. The minimum Gasteiger partial charge on any atom is -0.505 e. The fourth-order valence-corrected chi connectivity index (χ4v) is 2.54. The number of halogens is 1. The van der Waals surface area contributed by atoms with Crippen LogP contribution in [0.15, 0.2) is 45.7 Å². The lowest BCUT2D eigenvalue weighted by Gasteiger charge is -2.09. The summed E-state index contributed by atoms with van der Waals surface area (Å²) in [7, 11) is 1.68. The van der Waals surface area contributed by atoms with Crippen molar-refractivity contribution in [2.24, 2.45) is 7.05 Å². The van der Waals surface area contributed by atoms with E-state index in [1.165, 1.54) is 4.68 Å². The fraction of sp³-hybridized carbons (Fsp3) is 0.125. The van der Waals surface area contributed by atoms with Crippen LogP contribution in [0.5, 0.6) is 5.75 Å². The summed E-state index contributed by atoms with van der Waals surface area (Å²) in [5, 5.41) is 20.7. The Morgan fingerprint density at radius 2 is 1.88 bits per heavy atom.